The Kier molecular flexibility index (Phi) is 13.0. The summed E-state index contributed by atoms with van der Waals surface area (Å²) >= 11 is 1.85. The van der Waals surface area contributed by atoms with E-state index in [0.717, 1.165) is 42.7 Å². The quantitative estimate of drug-likeness (QED) is 0.200. The highest BCUT2D eigenvalue weighted by Gasteiger charge is 2.04. The van der Waals surface area contributed by atoms with Crippen molar-refractivity contribution in [3.63, 3.8) is 0 Å². The summed E-state index contributed by atoms with van der Waals surface area (Å²) in [5, 5.41) is 6.64. The van der Waals surface area contributed by atoms with E-state index in [-0.39, 0.29) is 24.0 Å². The number of hydrogen-bond donors (Lipinski definition) is 2. The predicted molar refractivity (Wildman–Crippen MR) is 114 cm³/mol. The SMILES string of the molecule is C=CCSCCNC(=NC)NCCc1cc(C)ccc1OC.I. The minimum absolute atomic E-state index is 0. The molecule has 2 N–H and O–H groups in total. The smallest absolute Gasteiger partial charge is 0.191 e. The van der Waals surface area contributed by atoms with Crippen molar-refractivity contribution < 1.29 is 4.74 Å². The normalized spacial score (nSPS) is 10.7. The third-order valence-electron chi connectivity index (χ3n) is 3.12. The molecule has 1 rings (SSSR count). The molecule has 0 saturated carbocycles. The van der Waals surface area contributed by atoms with Crippen LogP contribution in [0, 0.1) is 6.92 Å². The number of guanidine groups is 1. The Morgan fingerprint density at radius 3 is 2.74 bits per heavy atom. The molecule has 0 spiro atoms. The Morgan fingerprint density at radius 1 is 1.35 bits per heavy atom. The van der Waals surface area contributed by atoms with Gasteiger partial charge in [-0.15, -0.1) is 30.6 Å². The van der Waals surface area contributed by atoms with Crippen molar-refractivity contribution in [3.8, 4) is 5.75 Å². The van der Waals surface area contributed by atoms with Crippen molar-refractivity contribution in [1.29, 1.82) is 0 Å². The molecule has 0 aliphatic rings. The number of aliphatic imine (C=N–C) groups is 1. The standard InChI is InChI=1S/C17H27N3OS.HI/c1-5-11-22-12-10-20-17(18-3)19-9-8-15-13-14(2)6-7-16(15)21-4;/h5-7,13H,1,8-12H2,2-4H3,(H2,18,19,20);1H. The van der Waals surface area contributed by atoms with E-state index in [1.807, 2.05) is 23.9 Å². The fourth-order valence-electron chi connectivity index (χ4n) is 2.05. The maximum absolute atomic E-state index is 5.40. The second-order valence-electron chi connectivity index (χ2n) is 4.85. The third kappa shape index (κ3) is 9.10. The van der Waals surface area contributed by atoms with Crippen molar-refractivity contribution in [1.82, 2.24) is 10.6 Å². The average molecular weight is 449 g/mol. The van der Waals surface area contributed by atoms with Crippen LogP contribution in [0.25, 0.3) is 0 Å². The molecule has 0 heterocycles. The van der Waals surface area contributed by atoms with Crippen molar-refractivity contribution in [2.75, 3.05) is 38.8 Å². The van der Waals surface area contributed by atoms with Gasteiger partial charge in [0.25, 0.3) is 0 Å². The van der Waals surface area contributed by atoms with E-state index in [0.29, 0.717) is 0 Å². The molecule has 0 aliphatic heterocycles. The lowest BCUT2D eigenvalue weighted by Gasteiger charge is -2.13. The highest BCUT2D eigenvalue weighted by molar-refractivity contribution is 14.0. The van der Waals surface area contributed by atoms with Crippen molar-refractivity contribution in [2.45, 2.75) is 13.3 Å². The monoisotopic (exact) mass is 449 g/mol. The zero-order chi connectivity index (χ0) is 16.2. The fourth-order valence-corrected chi connectivity index (χ4v) is 2.63. The number of methoxy groups -OCH3 is 1. The number of thioether (sulfide) groups is 1. The van der Waals surface area contributed by atoms with Gasteiger partial charge in [-0.1, -0.05) is 23.8 Å². The minimum atomic E-state index is 0. The summed E-state index contributed by atoms with van der Waals surface area (Å²) in [5.41, 5.74) is 2.46. The van der Waals surface area contributed by atoms with E-state index in [4.69, 9.17) is 4.74 Å². The lowest BCUT2D eigenvalue weighted by molar-refractivity contribution is 0.409. The lowest BCUT2D eigenvalue weighted by Crippen LogP contribution is -2.39. The Morgan fingerprint density at radius 2 is 2.09 bits per heavy atom. The summed E-state index contributed by atoms with van der Waals surface area (Å²) in [6.45, 7) is 7.52. The molecule has 0 bridgehead atoms. The van der Waals surface area contributed by atoms with Gasteiger partial charge in [0.05, 0.1) is 7.11 Å². The molecule has 1 aromatic rings. The van der Waals surface area contributed by atoms with Gasteiger partial charge in [0.15, 0.2) is 5.96 Å². The van der Waals surface area contributed by atoms with E-state index in [1.54, 1.807) is 14.2 Å². The second kappa shape index (κ2) is 13.5. The van der Waals surface area contributed by atoms with Crippen LogP contribution in [0.4, 0.5) is 0 Å². The molecule has 1 aromatic carbocycles. The van der Waals surface area contributed by atoms with Crippen LogP contribution in [0.5, 0.6) is 5.75 Å². The lowest BCUT2D eigenvalue weighted by atomic mass is 10.1. The van der Waals surface area contributed by atoms with E-state index >= 15 is 0 Å². The Hall–Kier alpha value is -0.890. The van der Waals surface area contributed by atoms with E-state index in [9.17, 15) is 0 Å². The van der Waals surface area contributed by atoms with Crippen LogP contribution in [-0.4, -0.2) is 44.7 Å². The first-order valence-electron chi connectivity index (χ1n) is 7.48. The minimum Gasteiger partial charge on any atom is -0.496 e. The molecule has 0 aliphatic carbocycles. The molecule has 0 fully saturated rings. The zero-order valence-corrected chi connectivity index (χ0v) is 17.4. The molecule has 0 aromatic heterocycles. The summed E-state index contributed by atoms with van der Waals surface area (Å²) in [6.07, 6.45) is 2.82. The molecular formula is C17H28IN3OS. The fraction of sp³-hybridized carbons (Fsp3) is 0.471. The summed E-state index contributed by atoms with van der Waals surface area (Å²) in [4.78, 5) is 4.23. The number of benzene rings is 1. The third-order valence-corrected chi connectivity index (χ3v) is 4.09. The van der Waals surface area contributed by atoms with Gasteiger partial charge in [0, 0.05) is 31.6 Å². The van der Waals surface area contributed by atoms with Crippen molar-refractivity contribution in [2.24, 2.45) is 4.99 Å². The van der Waals surface area contributed by atoms with Gasteiger partial charge < -0.3 is 15.4 Å². The molecule has 4 nitrogen and oxygen atoms in total. The molecule has 0 saturated heterocycles. The number of nitrogens with one attached hydrogen (secondary N) is 2. The van der Waals surface area contributed by atoms with Crippen LogP contribution in [0.3, 0.4) is 0 Å². The van der Waals surface area contributed by atoms with Crippen LogP contribution in [0.2, 0.25) is 0 Å². The van der Waals surface area contributed by atoms with Gasteiger partial charge in [0.2, 0.25) is 0 Å². The molecule has 0 atom stereocenters. The maximum atomic E-state index is 5.40. The van der Waals surface area contributed by atoms with Gasteiger partial charge in [-0.25, -0.2) is 0 Å². The van der Waals surface area contributed by atoms with Crippen LogP contribution in [0.1, 0.15) is 11.1 Å². The molecule has 0 radical (unpaired) electrons. The number of halogens is 1. The van der Waals surface area contributed by atoms with Gasteiger partial charge in [-0.3, -0.25) is 4.99 Å². The Balaban J connectivity index is 0.00000484. The Labute approximate surface area is 161 Å². The molecular weight excluding hydrogens is 421 g/mol. The number of hydrogen-bond acceptors (Lipinski definition) is 3. The number of aryl methyl sites for hydroxylation is 1. The van der Waals surface area contributed by atoms with Crippen molar-refractivity contribution in [3.05, 3.63) is 42.0 Å². The number of ether oxygens (including phenoxy) is 1. The molecule has 0 unspecified atom stereocenters. The largest absolute Gasteiger partial charge is 0.496 e. The van der Waals surface area contributed by atoms with Crippen LogP contribution in [-0.2, 0) is 6.42 Å². The summed E-state index contributed by atoms with van der Waals surface area (Å²) in [6, 6.07) is 6.26. The summed E-state index contributed by atoms with van der Waals surface area (Å²) in [5.74, 6) is 3.81. The van der Waals surface area contributed by atoms with E-state index in [2.05, 4.69) is 41.3 Å². The molecule has 130 valence electrons. The topological polar surface area (TPSA) is 45.7 Å². The van der Waals surface area contributed by atoms with Crippen LogP contribution >= 0.6 is 35.7 Å². The van der Waals surface area contributed by atoms with Crippen LogP contribution in [0.15, 0.2) is 35.8 Å². The second-order valence-corrected chi connectivity index (χ2v) is 6.00. The van der Waals surface area contributed by atoms with Gasteiger partial charge in [0.1, 0.15) is 5.75 Å². The highest BCUT2D eigenvalue weighted by atomic mass is 127. The summed E-state index contributed by atoms with van der Waals surface area (Å²) < 4.78 is 5.40. The van der Waals surface area contributed by atoms with Crippen LogP contribution < -0.4 is 15.4 Å². The maximum Gasteiger partial charge on any atom is 0.191 e. The highest BCUT2D eigenvalue weighted by Crippen LogP contribution is 2.19. The first-order chi connectivity index (χ1) is 10.7. The van der Waals surface area contributed by atoms with Gasteiger partial charge >= 0.3 is 0 Å². The van der Waals surface area contributed by atoms with Gasteiger partial charge in [-0.05, 0) is 25.0 Å². The first-order valence-corrected chi connectivity index (χ1v) is 8.63. The molecule has 23 heavy (non-hydrogen) atoms. The first kappa shape index (κ1) is 22.1. The summed E-state index contributed by atoms with van der Waals surface area (Å²) in [7, 11) is 3.50. The number of nitrogens with zero attached hydrogens (tertiary/aromatic N) is 1. The Bertz CT molecular complexity index is 495. The zero-order valence-electron chi connectivity index (χ0n) is 14.2. The number of rotatable bonds is 9. The molecule has 6 heteroatoms. The molecule has 0 amide bonds. The average Bonchev–Trinajstić information content (AvgIpc) is 2.53. The van der Waals surface area contributed by atoms with E-state index < -0.39 is 0 Å². The van der Waals surface area contributed by atoms with Crippen molar-refractivity contribution >= 4 is 41.7 Å². The van der Waals surface area contributed by atoms with Gasteiger partial charge in [-0.2, -0.15) is 11.8 Å². The predicted octanol–water partition coefficient (Wildman–Crippen LogP) is 3.25. The van der Waals surface area contributed by atoms with E-state index in [1.165, 1.54) is 11.1 Å².